The van der Waals surface area contributed by atoms with Crippen molar-refractivity contribution in [3.05, 3.63) is 45.6 Å². The smallest absolute Gasteiger partial charge is 0.234 e. The first kappa shape index (κ1) is 18.9. The molecule has 1 aromatic carbocycles. The van der Waals surface area contributed by atoms with Gasteiger partial charge in [0, 0.05) is 33.6 Å². The Hall–Kier alpha value is -1.83. The summed E-state index contributed by atoms with van der Waals surface area (Å²) in [6.45, 7) is 2.17. The van der Waals surface area contributed by atoms with E-state index in [-0.39, 0.29) is 11.7 Å². The monoisotopic (exact) mass is 406 g/mol. The molecule has 5 nitrogen and oxygen atoms in total. The Bertz CT molecular complexity index is 889. The average molecular weight is 407 g/mol. The molecule has 0 fully saturated rings. The van der Waals surface area contributed by atoms with Crippen molar-refractivity contribution in [2.24, 2.45) is 7.05 Å². The van der Waals surface area contributed by atoms with Crippen LogP contribution < -0.4 is 5.32 Å². The van der Waals surface area contributed by atoms with Gasteiger partial charge in [-0.05, 0) is 36.8 Å². The number of nitrogens with one attached hydrogen (secondary N) is 1. The molecule has 8 heteroatoms. The lowest BCUT2D eigenvalue weighted by molar-refractivity contribution is -0.113. The lowest BCUT2D eigenvalue weighted by Gasteiger charge is -2.05. The van der Waals surface area contributed by atoms with E-state index in [9.17, 15) is 4.79 Å². The lowest BCUT2D eigenvalue weighted by atomic mass is 10.2. The number of aryl methyl sites for hydroxylation is 1. The van der Waals surface area contributed by atoms with E-state index in [1.807, 2.05) is 11.6 Å². The number of thiophene rings is 1. The Morgan fingerprint density at radius 2 is 2.08 bits per heavy atom. The van der Waals surface area contributed by atoms with Gasteiger partial charge in [-0.3, -0.25) is 4.79 Å². The van der Waals surface area contributed by atoms with E-state index < -0.39 is 0 Å². The van der Waals surface area contributed by atoms with E-state index in [4.69, 9.17) is 11.6 Å². The lowest BCUT2D eigenvalue weighted by Crippen LogP contribution is -2.14. The Morgan fingerprint density at radius 1 is 1.31 bits per heavy atom. The van der Waals surface area contributed by atoms with Crippen LogP contribution in [0.5, 0.6) is 0 Å². The van der Waals surface area contributed by atoms with Crippen LogP contribution in [0.3, 0.4) is 0 Å². The van der Waals surface area contributed by atoms with E-state index in [1.165, 1.54) is 16.6 Å². The molecular formula is C18H19ClN4OS2. The molecule has 2 heterocycles. The molecule has 0 radical (unpaired) electrons. The number of anilines is 1. The fourth-order valence-corrected chi connectivity index (χ4v) is 4.23. The molecule has 1 N–H and O–H groups in total. The van der Waals surface area contributed by atoms with Crippen molar-refractivity contribution in [1.82, 2.24) is 14.8 Å². The van der Waals surface area contributed by atoms with Crippen molar-refractivity contribution < 1.29 is 4.79 Å². The van der Waals surface area contributed by atoms with Crippen molar-refractivity contribution >= 4 is 46.3 Å². The molecule has 0 aliphatic heterocycles. The number of amides is 1. The number of carbonyl (C=O) groups is 1. The number of aromatic nitrogens is 3. The maximum absolute atomic E-state index is 12.1. The van der Waals surface area contributed by atoms with Crippen molar-refractivity contribution in [2.45, 2.75) is 24.9 Å². The standard InChI is InChI=1S/C18H19ClN4OS2/c1-3-4-15-9-12(10-25-15)17-21-22-18(23(17)2)26-11-16(24)20-14-7-5-13(19)6-8-14/h5-10H,3-4,11H2,1-2H3,(H,20,24). The Balaban J connectivity index is 1.60. The molecule has 1 amide bonds. The average Bonchev–Trinajstić information content (AvgIpc) is 3.22. The number of hydrogen-bond acceptors (Lipinski definition) is 5. The second kappa shape index (κ2) is 8.70. The highest BCUT2D eigenvalue weighted by atomic mass is 35.5. The highest BCUT2D eigenvalue weighted by Gasteiger charge is 2.14. The summed E-state index contributed by atoms with van der Waals surface area (Å²) in [6.07, 6.45) is 2.21. The SMILES string of the molecule is CCCc1cc(-c2nnc(SCC(=O)Nc3ccc(Cl)cc3)n2C)cs1. The molecule has 3 aromatic rings. The minimum Gasteiger partial charge on any atom is -0.325 e. The van der Waals surface area contributed by atoms with Crippen LogP contribution in [0.15, 0.2) is 40.9 Å². The molecule has 2 aromatic heterocycles. The normalized spacial score (nSPS) is 10.9. The van der Waals surface area contributed by atoms with Crippen LogP contribution in [0.25, 0.3) is 11.4 Å². The molecule has 3 rings (SSSR count). The predicted octanol–water partition coefficient (Wildman–Crippen LogP) is 4.88. The molecule has 0 saturated carbocycles. The third-order valence-electron chi connectivity index (χ3n) is 3.70. The van der Waals surface area contributed by atoms with Gasteiger partial charge in [0.05, 0.1) is 5.75 Å². The van der Waals surface area contributed by atoms with Crippen LogP contribution in [0.4, 0.5) is 5.69 Å². The summed E-state index contributed by atoms with van der Waals surface area (Å²) in [5.41, 5.74) is 1.80. The van der Waals surface area contributed by atoms with Gasteiger partial charge in [-0.1, -0.05) is 36.7 Å². The van der Waals surface area contributed by atoms with E-state index >= 15 is 0 Å². The molecular weight excluding hydrogens is 388 g/mol. The highest BCUT2D eigenvalue weighted by molar-refractivity contribution is 7.99. The number of carbonyl (C=O) groups excluding carboxylic acids is 1. The molecule has 0 atom stereocenters. The van der Waals surface area contributed by atoms with Crippen molar-refractivity contribution in [2.75, 3.05) is 11.1 Å². The van der Waals surface area contributed by atoms with Gasteiger partial charge in [0.1, 0.15) is 0 Å². The third kappa shape index (κ3) is 4.66. The van der Waals surface area contributed by atoms with Gasteiger partial charge in [0.2, 0.25) is 5.91 Å². The third-order valence-corrected chi connectivity index (χ3v) is 5.97. The quantitative estimate of drug-likeness (QED) is 0.568. The fourth-order valence-electron chi connectivity index (χ4n) is 2.43. The van der Waals surface area contributed by atoms with E-state index in [1.54, 1.807) is 35.6 Å². The van der Waals surface area contributed by atoms with Crippen molar-refractivity contribution in [3.8, 4) is 11.4 Å². The Kier molecular flexibility index (Phi) is 6.34. The molecule has 0 bridgehead atoms. The number of hydrogen-bond donors (Lipinski definition) is 1. The van der Waals surface area contributed by atoms with Crippen LogP contribution >= 0.6 is 34.7 Å². The van der Waals surface area contributed by atoms with Gasteiger partial charge < -0.3 is 9.88 Å². The summed E-state index contributed by atoms with van der Waals surface area (Å²) in [7, 11) is 1.92. The van der Waals surface area contributed by atoms with Gasteiger partial charge in [0.15, 0.2) is 11.0 Å². The topological polar surface area (TPSA) is 59.8 Å². The van der Waals surface area contributed by atoms with Crippen LogP contribution in [0, 0.1) is 0 Å². The maximum Gasteiger partial charge on any atom is 0.234 e. The minimum atomic E-state index is -0.0948. The fraction of sp³-hybridized carbons (Fsp3) is 0.278. The van der Waals surface area contributed by atoms with Crippen molar-refractivity contribution in [1.29, 1.82) is 0 Å². The highest BCUT2D eigenvalue weighted by Crippen LogP contribution is 2.27. The molecule has 0 spiro atoms. The molecule has 0 aliphatic rings. The Morgan fingerprint density at radius 3 is 2.81 bits per heavy atom. The first-order valence-corrected chi connectivity index (χ1v) is 10.5. The van der Waals surface area contributed by atoms with Crippen LogP contribution in [-0.2, 0) is 18.3 Å². The first-order valence-electron chi connectivity index (χ1n) is 8.22. The van der Waals surface area contributed by atoms with E-state index in [0.717, 1.165) is 35.1 Å². The van der Waals surface area contributed by atoms with Crippen LogP contribution in [0.2, 0.25) is 5.02 Å². The Labute approximate surface area is 165 Å². The second-order valence-electron chi connectivity index (χ2n) is 5.76. The number of benzene rings is 1. The number of halogens is 1. The van der Waals surface area contributed by atoms with Gasteiger partial charge in [-0.15, -0.1) is 21.5 Å². The summed E-state index contributed by atoms with van der Waals surface area (Å²) in [4.78, 5) is 13.5. The van der Waals surface area contributed by atoms with Crippen molar-refractivity contribution in [3.63, 3.8) is 0 Å². The van der Waals surface area contributed by atoms with E-state index in [0.29, 0.717) is 5.02 Å². The zero-order valence-electron chi connectivity index (χ0n) is 14.5. The largest absolute Gasteiger partial charge is 0.325 e. The first-order chi connectivity index (χ1) is 12.6. The number of thioether (sulfide) groups is 1. The van der Waals surface area contributed by atoms with Crippen LogP contribution in [-0.4, -0.2) is 26.4 Å². The zero-order valence-corrected chi connectivity index (χ0v) is 16.9. The zero-order chi connectivity index (χ0) is 18.5. The summed E-state index contributed by atoms with van der Waals surface area (Å²) in [5.74, 6) is 0.992. The summed E-state index contributed by atoms with van der Waals surface area (Å²) < 4.78 is 1.93. The molecule has 0 saturated heterocycles. The van der Waals surface area contributed by atoms with Crippen LogP contribution in [0.1, 0.15) is 18.2 Å². The number of nitrogens with zero attached hydrogens (tertiary/aromatic N) is 3. The van der Waals surface area contributed by atoms with Gasteiger partial charge in [-0.25, -0.2) is 0 Å². The maximum atomic E-state index is 12.1. The molecule has 26 heavy (non-hydrogen) atoms. The van der Waals surface area contributed by atoms with E-state index in [2.05, 4.69) is 33.9 Å². The number of rotatable bonds is 7. The molecule has 0 unspecified atom stereocenters. The van der Waals surface area contributed by atoms with Gasteiger partial charge in [-0.2, -0.15) is 0 Å². The second-order valence-corrected chi connectivity index (χ2v) is 8.14. The van der Waals surface area contributed by atoms with Gasteiger partial charge >= 0.3 is 0 Å². The summed E-state index contributed by atoms with van der Waals surface area (Å²) >= 11 is 8.96. The minimum absolute atomic E-state index is 0.0948. The summed E-state index contributed by atoms with van der Waals surface area (Å²) in [6, 6.07) is 9.20. The van der Waals surface area contributed by atoms with Gasteiger partial charge in [0.25, 0.3) is 0 Å². The predicted molar refractivity (Wildman–Crippen MR) is 109 cm³/mol. The molecule has 136 valence electrons. The molecule has 0 aliphatic carbocycles. The summed E-state index contributed by atoms with van der Waals surface area (Å²) in [5, 5.41) is 14.8.